The Kier molecular flexibility index (Phi) is 5.11. The Bertz CT molecular complexity index is 699. The van der Waals surface area contributed by atoms with Crippen LogP contribution in [0, 0.1) is 5.82 Å². The molecule has 1 amide bonds. The first-order valence-corrected chi connectivity index (χ1v) is 8.13. The van der Waals surface area contributed by atoms with E-state index in [1.165, 1.54) is 18.9 Å². The van der Waals surface area contributed by atoms with Crippen LogP contribution in [0.5, 0.6) is 5.75 Å². The number of halogens is 1. The van der Waals surface area contributed by atoms with Crippen molar-refractivity contribution in [3.05, 3.63) is 65.5 Å². The van der Waals surface area contributed by atoms with Gasteiger partial charge in [0.05, 0.1) is 0 Å². The van der Waals surface area contributed by atoms with E-state index in [1.54, 1.807) is 30.3 Å². The Morgan fingerprint density at radius 2 is 1.88 bits per heavy atom. The van der Waals surface area contributed by atoms with Gasteiger partial charge in [-0.2, -0.15) is 0 Å². The van der Waals surface area contributed by atoms with Crippen molar-refractivity contribution in [3.8, 4) is 5.75 Å². The van der Waals surface area contributed by atoms with E-state index in [0.717, 1.165) is 18.7 Å². The lowest BCUT2D eigenvalue weighted by molar-refractivity contribution is 0.100. The molecule has 2 N–H and O–H groups in total. The van der Waals surface area contributed by atoms with E-state index in [-0.39, 0.29) is 5.82 Å². The van der Waals surface area contributed by atoms with Crippen LogP contribution in [-0.2, 0) is 6.54 Å². The molecule has 0 atom stereocenters. The third-order valence-electron chi connectivity index (χ3n) is 4.16. The van der Waals surface area contributed by atoms with Crippen LogP contribution in [0.4, 0.5) is 4.39 Å². The molecule has 1 aliphatic rings. The zero-order valence-corrected chi connectivity index (χ0v) is 13.5. The Labute approximate surface area is 141 Å². The van der Waals surface area contributed by atoms with Crippen molar-refractivity contribution in [1.29, 1.82) is 0 Å². The monoisotopic (exact) mass is 328 g/mol. The molecule has 24 heavy (non-hydrogen) atoms. The van der Waals surface area contributed by atoms with Crippen molar-refractivity contribution in [2.24, 2.45) is 5.73 Å². The second-order valence-electron chi connectivity index (χ2n) is 6.04. The highest BCUT2D eigenvalue weighted by atomic mass is 19.1. The lowest BCUT2D eigenvalue weighted by Gasteiger charge is -2.22. The number of nitrogens with zero attached hydrogens (tertiary/aromatic N) is 1. The average Bonchev–Trinajstić information content (AvgIpc) is 3.41. The largest absolute Gasteiger partial charge is 0.489 e. The van der Waals surface area contributed by atoms with Crippen molar-refractivity contribution in [2.45, 2.75) is 25.4 Å². The summed E-state index contributed by atoms with van der Waals surface area (Å²) in [5.41, 5.74) is 6.90. The second kappa shape index (κ2) is 7.45. The van der Waals surface area contributed by atoms with Gasteiger partial charge in [-0.05, 0) is 42.7 Å². The van der Waals surface area contributed by atoms with Crippen LogP contribution in [-0.4, -0.2) is 30.0 Å². The Hall–Kier alpha value is -2.40. The molecule has 0 unspecified atom stereocenters. The number of carbonyl (C=O) groups is 1. The molecule has 3 rings (SSSR count). The average molecular weight is 328 g/mol. The minimum atomic E-state index is -0.418. The second-order valence-corrected chi connectivity index (χ2v) is 6.04. The molecular weight excluding hydrogens is 307 g/mol. The number of nitrogens with two attached hydrogens (primary N) is 1. The molecule has 1 saturated carbocycles. The summed E-state index contributed by atoms with van der Waals surface area (Å²) in [6.07, 6.45) is 2.36. The van der Waals surface area contributed by atoms with Crippen LogP contribution in [0.15, 0.2) is 48.5 Å². The van der Waals surface area contributed by atoms with Crippen molar-refractivity contribution >= 4 is 5.91 Å². The van der Waals surface area contributed by atoms with E-state index in [0.29, 0.717) is 24.0 Å². The summed E-state index contributed by atoms with van der Waals surface area (Å²) in [4.78, 5) is 13.5. The number of ether oxygens (including phenoxy) is 1. The van der Waals surface area contributed by atoms with Gasteiger partial charge in [-0.15, -0.1) is 0 Å². The fourth-order valence-electron chi connectivity index (χ4n) is 2.67. The molecular formula is C19H21FN2O2. The zero-order valence-electron chi connectivity index (χ0n) is 13.5. The standard InChI is InChI=1S/C19H21FN2O2/c20-17-3-1-2-4-18(17)24-12-11-22(16-9-10-16)13-14-5-7-15(8-6-14)19(21)23/h1-8,16H,9-13H2,(H2,21,23). The summed E-state index contributed by atoms with van der Waals surface area (Å²) in [6.45, 7) is 1.96. The van der Waals surface area contributed by atoms with E-state index in [1.807, 2.05) is 12.1 Å². The summed E-state index contributed by atoms with van der Waals surface area (Å²) in [5.74, 6) is -0.463. The SMILES string of the molecule is NC(=O)c1ccc(CN(CCOc2ccccc2F)C2CC2)cc1. The molecule has 4 nitrogen and oxygen atoms in total. The summed E-state index contributed by atoms with van der Waals surface area (Å²) >= 11 is 0. The number of rotatable bonds is 8. The Balaban J connectivity index is 1.55. The molecule has 126 valence electrons. The smallest absolute Gasteiger partial charge is 0.248 e. The van der Waals surface area contributed by atoms with Gasteiger partial charge in [-0.25, -0.2) is 4.39 Å². The molecule has 0 radical (unpaired) electrons. The number of primary amides is 1. The van der Waals surface area contributed by atoms with Crippen LogP contribution < -0.4 is 10.5 Å². The lowest BCUT2D eigenvalue weighted by Crippen LogP contribution is -2.30. The topological polar surface area (TPSA) is 55.6 Å². The molecule has 0 saturated heterocycles. The highest BCUT2D eigenvalue weighted by molar-refractivity contribution is 5.92. The first-order valence-electron chi connectivity index (χ1n) is 8.13. The summed E-state index contributed by atoms with van der Waals surface area (Å²) in [5, 5.41) is 0. The van der Waals surface area contributed by atoms with Crippen LogP contribution in [0.2, 0.25) is 0 Å². The van der Waals surface area contributed by atoms with Crippen LogP contribution >= 0.6 is 0 Å². The minimum absolute atomic E-state index is 0.291. The molecule has 0 spiro atoms. The highest BCUT2D eigenvalue weighted by Gasteiger charge is 2.28. The number of hydrogen-bond donors (Lipinski definition) is 1. The van der Waals surface area contributed by atoms with Crippen molar-refractivity contribution < 1.29 is 13.9 Å². The molecule has 2 aromatic carbocycles. The molecule has 5 heteroatoms. The fraction of sp³-hybridized carbons (Fsp3) is 0.316. The van der Waals surface area contributed by atoms with E-state index < -0.39 is 5.91 Å². The van der Waals surface area contributed by atoms with E-state index >= 15 is 0 Å². The number of para-hydroxylation sites is 1. The summed E-state index contributed by atoms with van der Waals surface area (Å²) in [6, 6.07) is 14.3. The number of carbonyl (C=O) groups excluding carboxylic acids is 1. The number of amides is 1. The molecule has 1 fully saturated rings. The number of benzene rings is 2. The normalized spacial score (nSPS) is 13.9. The molecule has 2 aromatic rings. The van der Waals surface area contributed by atoms with Gasteiger partial charge >= 0.3 is 0 Å². The lowest BCUT2D eigenvalue weighted by atomic mass is 10.1. The summed E-state index contributed by atoms with van der Waals surface area (Å²) in [7, 11) is 0. The molecule has 0 aliphatic heterocycles. The third-order valence-corrected chi connectivity index (χ3v) is 4.16. The van der Waals surface area contributed by atoms with E-state index in [4.69, 9.17) is 10.5 Å². The first-order chi connectivity index (χ1) is 11.6. The van der Waals surface area contributed by atoms with Gasteiger partial charge in [-0.3, -0.25) is 9.69 Å². The van der Waals surface area contributed by atoms with Gasteiger partial charge in [-0.1, -0.05) is 24.3 Å². The molecule has 0 aromatic heterocycles. The Morgan fingerprint density at radius 1 is 1.17 bits per heavy atom. The van der Waals surface area contributed by atoms with Gasteiger partial charge in [0.1, 0.15) is 6.61 Å². The predicted molar refractivity (Wildman–Crippen MR) is 90.3 cm³/mol. The maximum absolute atomic E-state index is 13.6. The fourth-order valence-corrected chi connectivity index (χ4v) is 2.67. The van der Waals surface area contributed by atoms with Crippen LogP contribution in [0.1, 0.15) is 28.8 Å². The van der Waals surface area contributed by atoms with E-state index in [2.05, 4.69) is 4.90 Å². The van der Waals surface area contributed by atoms with Gasteiger partial charge in [0.15, 0.2) is 11.6 Å². The molecule has 0 bridgehead atoms. The van der Waals surface area contributed by atoms with E-state index in [9.17, 15) is 9.18 Å². The molecule has 0 heterocycles. The van der Waals surface area contributed by atoms with Crippen molar-refractivity contribution in [1.82, 2.24) is 4.90 Å². The van der Waals surface area contributed by atoms with Crippen LogP contribution in [0.25, 0.3) is 0 Å². The first kappa shape index (κ1) is 16.5. The maximum Gasteiger partial charge on any atom is 0.248 e. The number of hydrogen-bond acceptors (Lipinski definition) is 3. The zero-order chi connectivity index (χ0) is 16.9. The third kappa shape index (κ3) is 4.32. The summed E-state index contributed by atoms with van der Waals surface area (Å²) < 4.78 is 19.1. The highest BCUT2D eigenvalue weighted by Crippen LogP contribution is 2.28. The van der Waals surface area contributed by atoms with Crippen LogP contribution in [0.3, 0.4) is 0 Å². The van der Waals surface area contributed by atoms with Crippen molar-refractivity contribution in [2.75, 3.05) is 13.2 Å². The Morgan fingerprint density at radius 3 is 2.50 bits per heavy atom. The molecule has 1 aliphatic carbocycles. The maximum atomic E-state index is 13.6. The minimum Gasteiger partial charge on any atom is -0.489 e. The van der Waals surface area contributed by atoms with Gasteiger partial charge in [0.25, 0.3) is 0 Å². The predicted octanol–water partition coefficient (Wildman–Crippen LogP) is 2.97. The van der Waals surface area contributed by atoms with Gasteiger partial charge < -0.3 is 10.5 Å². The quantitative estimate of drug-likeness (QED) is 0.810. The van der Waals surface area contributed by atoms with Gasteiger partial charge in [0, 0.05) is 24.7 Å². The van der Waals surface area contributed by atoms with Crippen molar-refractivity contribution in [3.63, 3.8) is 0 Å². The van der Waals surface area contributed by atoms with Gasteiger partial charge in [0.2, 0.25) is 5.91 Å².